The number of ether oxygens (including phenoxy) is 3. The lowest BCUT2D eigenvalue weighted by Crippen LogP contribution is -2.53. The molecule has 0 saturated carbocycles. The Kier molecular flexibility index (Phi) is 12.5. The van der Waals surface area contributed by atoms with Gasteiger partial charge >= 0.3 is 12.2 Å². The third-order valence-corrected chi connectivity index (χ3v) is 11.9. The van der Waals surface area contributed by atoms with Crippen molar-refractivity contribution in [3.05, 3.63) is 78.4 Å². The predicted octanol–water partition coefficient (Wildman–Crippen LogP) is 6.99. The van der Waals surface area contributed by atoms with E-state index in [2.05, 4.69) is 75.2 Å². The van der Waals surface area contributed by atoms with Crippen molar-refractivity contribution < 1.29 is 33.4 Å². The highest BCUT2D eigenvalue weighted by molar-refractivity contribution is 5.87. The second kappa shape index (κ2) is 17.9. The minimum atomic E-state index is -0.697. The van der Waals surface area contributed by atoms with E-state index in [1.54, 1.807) is 0 Å². The normalized spacial score (nSPS) is 21.8. The van der Waals surface area contributed by atoms with Crippen LogP contribution in [0.25, 0.3) is 33.6 Å². The number of rotatable bonds is 11. The number of benzene rings is 2. The summed E-state index contributed by atoms with van der Waals surface area (Å²) >= 11 is 0. The fraction of sp³-hybridized carbons (Fsp3) is 0.477. The number of hydrogen-bond donors (Lipinski definition) is 4. The lowest BCUT2D eigenvalue weighted by molar-refractivity contribution is -0.137. The van der Waals surface area contributed by atoms with Crippen LogP contribution in [-0.2, 0) is 23.8 Å². The van der Waals surface area contributed by atoms with Gasteiger partial charge in [0, 0.05) is 31.1 Å². The van der Waals surface area contributed by atoms with E-state index in [0.717, 1.165) is 70.8 Å². The van der Waals surface area contributed by atoms with Crippen LogP contribution in [-0.4, -0.2) is 101 Å². The minimum absolute atomic E-state index is 0.0118. The molecule has 308 valence electrons. The van der Waals surface area contributed by atoms with Crippen molar-refractivity contribution in [3.8, 4) is 33.6 Å². The van der Waals surface area contributed by atoms with E-state index in [9.17, 15) is 19.2 Å². The predicted molar refractivity (Wildman–Crippen MR) is 218 cm³/mol. The van der Waals surface area contributed by atoms with E-state index in [0.29, 0.717) is 32.5 Å². The Bertz CT molecular complexity index is 2060. The number of carbonyl (C=O) groups is 4. The number of aromatic nitrogens is 3. The van der Waals surface area contributed by atoms with Gasteiger partial charge < -0.3 is 44.6 Å². The molecule has 0 spiro atoms. The van der Waals surface area contributed by atoms with Crippen molar-refractivity contribution in [1.29, 1.82) is 0 Å². The second-order valence-electron chi connectivity index (χ2n) is 16.0. The number of nitrogens with one attached hydrogen (secondary N) is 4. The molecular formula is C44H55N7O7. The van der Waals surface area contributed by atoms with E-state index in [4.69, 9.17) is 19.2 Å². The molecule has 4 aromatic rings. The largest absolute Gasteiger partial charge is 0.453 e. The molecule has 3 aliphatic rings. The first-order chi connectivity index (χ1) is 28.0. The molecule has 5 heterocycles. The fourth-order valence-corrected chi connectivity index (χ4v) is 8.74. The molecule has 6 atom stereocenters. The van der Waals surface area contributed by atoms with Gasteiger partial charge in [0.2, 0.25) is 11.8 Å². The van der Waals surface area contributed by atoms with Crippen LogP contribution in [0.1, 0.15) is 82.9 Å². The monoisotopic (exact) mass is 793 g/mol. The maximum absolute atomic E-state index is 14.0. The van der Waals surface area contributed by atoms with Crippen LogP contribution < -0.4 is 10.6 Å². The SMILES string of the molecule is COC(=O)NC(C(=O)N1CCC[C@H]1c1ncc(-c2ccc(-c3ccc(-c4ccc(C5CCCN5C(=O)[C@@H](NC(=O)OC)C(C)C)[nH]4)cc3)cc2)[nH]1)C1CCOC(C)C1. The summed E-state index contributed by atoms with van der Waals surface area (Å²) in [5, 5.41) is 5.55. The van der Waals surface area contributed by atoms with Crippen LogP contribution in [0, 0.1) is 11.8 Å². The van der Waals surface area contributed by atoms with Gasteiger partial charge in [0.05, 0.1) is 44.3 Å². The van der Waals surface area contributed by atoms with Gasteiger partial charge in [-0.05, 0) is 91.7 Å². The van der Waals surface area contributed by atoms with E-state index in [1.165, 1.54) is 14.2 Å². The molecule has 14 nitrogen and oxygen atoms in total. The number of carbonyl (C=O) groups excluding carboxylic acids is 4. The van der Waals surface area contributed by atoms with Gasteiger partial charge in [-0.1, -0.05) is 62.4 Å². The molecule has 2 aromatic heterocycles. The van der Waals surface area contributed by atoms with Gasteiger partial charge in [0.1, 0.15) is 17.9 Å². The summed E-state index contributed by atoms with van der Waals surface area (Å²) in [6.45, 7) is 7.60. The summed E-state index contributed by atoms with van der Waals surface area (Å²) in [5.74, 6) is 0.379. The molecule has 7 rings (SSSR count). The number of alkyl carbamates (subject to hydrolysis) is 2. The quantitative estimate of drug-likeness (QED) is 0.126. The third-order valence-electron chi connectivity index (χ3n) is 11.9. The Balaban J connectivity index is 1.00. The summed E-state index contributed by atoms with van der Waals surface area (Å²) < 4.78 is 15.4. The average molecular weight is 794 g/mol. The van der Waals surface area contributed by atoms with Gasteiger partial charge in [0.15, 0.2) is 0 Å². The standard InChI is InChI=1S/C44H55N7O7/c1-26(2)38(48-43(54)56-4)41(52)50-21-6-8-36(50)34-19-18-33(46-34)30-14-10-28(11-15-30)29-12-16-31(17-13-29)35-25-45-40(47-35)37-9-7-22-51(37)42(53)39(49-44(55)57-5)32-20-23-58-27(3)24-32/h10-19,25-27,32,36-39,46H,6-9,20-24H2,1-5H3,(H,45,47)(H,48,54)(H,49,55)/t27?,32?,36?,37-,38-,39?/m0/s1. The molecule has 58 heavy (non-hydrogen) atoms. The highest BCUT2D eigenvalue weighted by Crippen LogP contribution is 2.36. The molecule has 14 heteroatoms. The molecule has 3 saturated heterocycles. The molecule has 0 bridgehead atoms. The van der Waals surface area contributed by atoms with Crippen LogP contribution in [0.3, 0.4) is 0 Å². The molecule has 4 unspecified atom stereocenters. The zero-order chi connectivity index (χ0) is 40.9. The average Bonchev–Trinajstić information content (AvgIpc) is 4.08. The number of nitrogens with zero attached hydrogens (tertiary/aromatic N) is 3. The maximum Gasteiger partial charge on any atom is 0.407 e. The molecule has 3 fully saturated rings. The number of imidazole rings is 1. The van der Waals surface area contributed by atoms with Crippen LogP contribution >= 0.6 is 0 Å². The number of likely N-dealkylation sites (tertiary alicyclic amines) is 2. The smallest absolute Gasteiger partial charge is 0.407 e. The Labute approximate surface area is 339 Å². The topological polar surface area (TPSA) is 171 Å². The van der Waals surface area contributed by atoms with Gasteiger partial charge in [-0.25, -0.2) is 14.6 Å². The second-order valence-corrected chi connectivity index (χ2v) is 16.0. The molecule has 0 aliphatic carbocycles. The molecule has 3 aliphatic heterocycles. The number of H-pyrrole nitrogens is 2. The highest BCUT2D eigenvalue weighted by Gasteiger charge is 2.41. The van der Waals surface area contributed by atoms with Gasteiger partial charge in [-0.15, -0.1) is 0 Å². The number of methoxy groups -OCH3 is 2. The Hall–Kier alpha value is -5.63. The fourth-order valence-electron chi connectivity index (χ4n) is 8.74. The Morgan fingerprint density at radius 2 is 1.33 bits per heavy atom. The third kappa shape index (κ3) is 8.76. The minimum Gasteiger partial charge on any atom is -0.453 e. The Morgan fingerprint density at radius 3 is 1.95 bits per heavy atom. The van der Waals surface area contributed by atoms with Crippen LogP contribution in [0.4, 0.5) is 9.59 Å². The van der Waals surface area contributed by atoms with Gasteiger partial charge in [-0.2, -0.15) is 0 Å². The highest BCUT2D eigenvalue weighted by atomic mass is 16.5. The first kappa shape index (κ1) is 40.6. The first-order valence-electron chi connectivity index (χ1n) is 20.4. The van der Waals surface area contributed by atoms with Crippen LogP contribution in [0.5, 0.6) is 0 Å². The number of amides is 4. The van der Waals surface area contributed by atoms with Crippen molar-refractivity contribution >= 4 is 24.0 Å². The number of hydrogen-bond acceptors (Lipinski definition) is 8. The van der Waals surface area contributed by atoms with Gasteiger partial charge in [-0.3, -0.25) is 9.59 Å². The van der Waals surface area contributed by atoms with Crippen molar-refractivity contribution in [1.82, 2.24) is 35.4 Å². The summed E-state index contributed by atoms with van der Waals surface area (Å²) in [4.78, 5) is 67.4. The van der Waals surface area contributed by atoms with E-state index in [-0.39, 0.29) is 41.8 Å². The maximum atomic E-state index is 14.0. The molecule has 2 aromatic carbocycles. The molecular weight excluding hydrogens is 739 g/mol. The molecule has 0 radical (unpaired) electrons. The lowest BCUT2D eigenvalue weighted by Gasteiger charge is -2.36. The van der Waals surface area contributed by atoms with Crippen LogP contribution in [0.2, 0.25) is 0 Å². The zero-order valence-corrected chi connectivity index (χ0v) is 34.0. The van der Waals surface area contributed by atoms with Crippen LogP contribution in [0.15, 0.2) is 66.9 Å². The van der Waals surface area contributed by atoms with Crippen molar-refractivity contribution in [3.63, 3.8) is 0 Å². The lowest BCUT2D eigenvalue weighted by atomic mass is 9.88. The molecule has 4 N–H and O–H groups in total. The summed E-state index contributed by atoms with van der Waals surface area (Å²) in [6, 6.07) is 19.1. The first-order valence-corrected chi connectivity index (χ1v) is 20.4. The summed E-state index contributed by atoms with van der Waals surface area (Å²) in [7, 11) is 2.61. The Morgan fingerprint density at radius 1 is 0.741 bits per heavy atom. The van der Waals surface area contributed by atoms with Crippen molar-refractivity contribution in [2.45, 2.75) is 89.6 Å². The van der Waals surface area contributed by atoms with E-state index < -0.39 is 24.3 Å². The van der Waals surface area contributed by atoms with E-state index in [1.807, 2.05) is 42.8 Å². The van der Waals surface area contributed by atoms with Crippen molar-refractivity contribution in [2.75, 3.05) is 33.9 Å². The summed E-state index contributed by atoms with van der Waals surface area (Å²) in [5.41, 5.74) is 6.97. The summed E-state index contributed by atoms with van der Waals surface area (Å²) in [6.07, 6.45) is 5.32. The zero-order valence-electron chi connectivity index (χ0n) is 34.0. The van der Waals surface area contributed by atoms with Crippen molar-refractivity contribution in [2.24, 2.45) is 11.8 Å². The molecule has 4 amide bonds. The van der Waals surface area contributed by atoms with E-state index >= 15 is 0 Å². The van der Waals surface area contributed by atoms with Gasteiger partial charge in [0.25, 0.3) is 0 Å². The number of aromatic amines is 2.